The van der Waals surface area contributed by atoms with Crippen molar-refractivity contribution in [2.24, 2.45) is 0 Å². The lowest BCUT2D eigenvalue weighted by atomic mass is 10.0. The summed E-state index contributed by atoms with van der Waals surface area (Å²) in [6.45, 7) is 3.45. The Balaban J connectivity index is 2.46. The fourth-order valence-electron chi connectivity index (χ4n) is 1.91. The summed E-state index contributed by atoms with van der Waals surface area (Å²) in [5, 5.41) is 0. The van der Waals surface area contributed by atoms with Gasteiger partial charge in [-0.3, -0.25) is 9.59 Å². The van der Waals surface area contributed by atoms with E-state index < -0.39 is 0 Å². The molecule has 0 bridgehead atoms. The van der Waals surface area contributed by atoms with Crippen molar-refractivity contribution in [2.45, 2.75) is 13.8 Å². The van der Waals surface area contributed by atoms with Crippen LogP contribution in [0.25, 0.3) is 0 Å². The van der Waals surface area contributed by atoms with Gasteiger partial charge in [0.1, 0.15) is 5.82 Å². The molecule has 0 radical (unpaired) electrons. The molecule has 0 aliphatic rings. The van der Waals surface area contributed by atoms with Crippen molar-refractivity contribution in [3.05, 3.63) is 58.2 Å². The number of ketones is 1. The van der Waals surface area contributed by atoms with E-state index in [4.69, 9.17) is 0 Å². The number of aldehydes is 1. The van der Waals surface area contributed by atoms with Crippen LogP contribution in [-0.4, -0.2) is 17.1 Å². The first-order valence-corrected chi connectivity index (χ1v) is 5.49. The third kappa shape index (κ3) is 1.97. The van der Waals surface area contributed by atoms with Crippen molar-refractivity contribution in [1.82, 2.24) is 4.98 Å². The fourth-order valence-corrected chi connectivity index (χ4v) is 1.91. The second kappa shape index (κ2) is 4.56. The highest BCUT2D eigenvalue weighted by Crippen LogP contribution is 2.19. The molecule has 1 aromatic carbocycles. The Labute approximate surface area is 104 Å². The standard InChI is InChI=1S/C14H12FNO2/c1-8-12(7-17)9(2)16-13(8)14(18)10-3-5-11(15)6-4-10/h3-7,16H,1-2H3. The molecule has 0 aliphatic carbocycles. The number of nitrogens with one attached hydrogen (secondary N) is 1. The highest BCUT2D eigenvalue weighted by Gasteiger charge is 2.18. The predicted octanol–water partition coefficient (Wildman–Crippen LogP) is 2.81. The van der Waals surface area contributed by atoms with Crippen molar-refractivity contribution in [3.63, 3.8) is 0 Å². The molecule has 18 heavy (non-hydrogen) atoms. The number of hydrogen-bond donors (Lipinski definition) is 1. The van der Waals surface area contributed by atoms with Gasteiger partial charge in [0.2, 0.25) is 5.78 Å². The number of aromatic amines is 1. The summed E-state index contributed by atoms with van der Waals surface area (Å²) in [5.41, 5.74) is 2.55. The van der Waals surface area contributed by atoms with E-state index in [1.165, 1.54) is 24.3 Å². The second-order valence-corrected chi connectivity index (χ2v) is 4.12. The minimum absolute atomic E-state index is 0.247. The summed E-state index contributed by atoms with van der Waals surface area (Å²) < 4.78 is 12.8. The van der Waals surface area contributed by atoms with Gasteiger partial charge in [-0.2, -0.15) is 0 Å². The van der Waals surface area contributed by atoms with Gasteiger partial charge in [0.25, 0.3) is 0 Å². The number of H-pyrrole nitrogens is 1. The lowest BCUT2D eigenvalue weighted by Crippen LogP contribution is -2.03. The summed E-state index contributed by atoms with van der Waals surface area (Å²) in [5.74, 6) is -0.636. The number of benzene rings is 1. The Kier molecular flexibility index (Phi) is 3.10. The molecule has 3 nitrogen and oxygen atoms in total. The van der Waals surface area contributed by atoms with Crippen molar-refractivity contribution in [2.75, 3.05) is 0 Å². The van der Waals surface area contributed by atoms with Crippen molar-refractivity contribution in [3.8, 4) is 0 Å². The first-order chi connectivity index (χ1) is 8.54. The van der Waals surface area contributed by atoms with Crippen molar-refractivity contribution in [1.29, 1.82) is 0 Å². The Morgan fingerprint density at radius 1 is 1.22 bits per heavy atom. The summed E-state index contributed by atoms with van der Waals surface area (Å²) in [7, 11) is 0. The number of carbonyl (C=O) groups excluding carboxylic acids is 2. The van der Waals surface area contributed by atoms with Gasteiger partial charge >= 0.3 is 0 Å². The van der Waals surface area contributed by atoms with Gasteiger partial charge in [-0.1, -0.05) is 0 Å². The molecular weight excluding hydrogens is 233 g/mol. The van der Waals surface area contributed by atoms with E-state index in [1.807, 2.05) is 0 Å². The van der Waals surface area contributed by atoms with Gasteiger partial charge < -0.3 is 4.98 Å². The molecular formula is C14H12FNO2. The van der Waals surface area contributed by atoms with Gasteiger partial charge in [-0.05, 0) is 43.7 Å². The molecule has 0 spiro atoms. The molecule has 0 saturated heterocycles. The van der Waals surface area contributed by atoms with Crippen LogP contribution in [0.4, 0.5) is 4.39 Å². The SMILES string of the molecule is Cc1[nH]c(C(=O)c2ccc(F)cc2)c(C)c1C=O. The molecule has 0 saturated carbocycles. The quantitative estimate of drug-likeness (QED) is 0.667. The maximum absolute atomic E-state index is 12.8. The van der Waals surface area contributed by atoms with E-state index in [1.54, 1.807) is 13.8 Å². The van der Waals surface area contributed by atoms with E-state index in [9.17, 15) is 14.0 Å². The first kappa shape index (κ1) is 12.2. The third-order valence-electron chi connectivity index (χ3n) is 2.95. The lowest BCUT2D eigenvalue weighted by Gasteiger charge is -2.00. The number of carbonyl (C=O) groups is 2. The first-order valence-electron chi connectivity index (χ1n) is 5.49. The highest BCUT2D eigenvalue weighted by molar-refractivity contribution is 6.09. The largest absolute Gasteiger partial charge is 0.355 e. The maximum atomic E-state index is 12.8. The average Bonchev–Trinajstić information content (AvgIpc) is 2.64. The molecule has 4 heteroatoms. The smallest absolute Gasteiger partial charge is 0.209 e. The second-order valence-electron chi connectivity index (χ2n) is 4.12. The van der Waals surface area contributed by atoms with Crippen LogP contribution >= 0.6 is 0 Å². The molecule has 0 unspecified atom stereocenters. The Bertz CT molecular complexity index is 611. The molecule has 0 amide bonds. The predicted molar refractivity (Wildman–Crippen MR) is 65.5 cm³/mol. The van der Waals surface area contributed by atoms with Crippen LogP contribution in [0.2, 0.25) is 0 Å². The fraction of sp³-hybridized carbons (Fsp3) is 0.143. The minimum atomic E-state index is -0.389. The maximum Gasteiger partial charge on any atom is 0.209 e. The van der Waals surface area contributed by atoms with Crippen LogP contribution in [0, 0.1) is 19.7 Å². The zero-order valence-electron chi connectivity index (χ0n) is 10.1. The van der Waals surface area contributed by atoms with E-state index in [-0.39, 0.29) is 11.6 Å². The van der Waals surface area contributed by atoms with Crippen LogP contribution in [0.1, 0.15) is 37.7 Å². The average molecular weight is 245 g/mol. The molecule has 2 aromatic rings. The van der Waals surface area contributed by atoms with Gasteiger partial charge in [0, 0.05) is 16.8 Å². The molecule has 1 heterocycles. The molecule has 1 N–H and O–H groups in total. The molecule has 0 atom stereocenters. The molecule has 0 fully saturated rings. The molecule has 2 rings (SSSR count). The summed E-state index contributed by atoms with van der Waals surface area (Å²) in [4.78, 5) is 26.0. The number of rotatable bonds is 3. The van der Waals surface area contributed by atoms with Gasteiger partial charge in [0.15, 0.2) is 6.29 Å². The van der Waals surface area contributed by atoms with Crippen LogP contribution < -0.4 is 0 Å². The number of aryl methyl sites for hydroxylation is 1. The molecule has 1 aromatic heterocycles. The third-order valence-corrected chi connectivity index (χ3v) is 2.95. The monoisotopic (exact) mass is 245 g/mol. The van der Waals surface area contributed by atoms with Gasteiger partial charge in [0.05, 0.1) is 5.69 Å². The summed E-state index contributed by atoms with van der Waals surface area (Å²) in [6, 6.07) is 5.32. The molecule has 0 aliphatic heterocycles. The topological polar surface area (TPSA) is 49.9 Å². The Morgan fingerprint density at radius 2 is 1.83 bits per heavy atom. The number of aromatic nitrogens is 1. The normalized spacial score (nSPS) is 10.4. The van der Waals surface area contributed by atoms with Crippen LogP contribution in [0.15, 0.2) is 24.3 Å². The minimum Gasteiger partial charge on any atom is -0.355 e. The summed E-state index contributed by atoms with van der Waals surface area (Å²) >= 11 is 0. The summed E-state index contributed by atoms with van der Waals surface area (Å²) in [6.07, 6.45) is 0.725. The zero-order chi connectivity index (χ0) is 13.3. The Morgan fingerprint density at radius 3 is 2.33 bits per heavy atom. The van der Waals surface area contributed by atoms with Crippen molar-refractivity contribution < 1.29 is 14.0 Å². The van der Waals surface area contributed by atoms with Crippen LogP contribution in [-0.2, 0) is 0 Å². The molecule has 92 valence electrons. The Hall–Kier alpha value is -2.23. The van der Waals surface area contributed by atoms with Gasteiger partial charge in [-0.15, -0.1) is 0 Å². The van der Waals surface area contributed by atoms with Crippen LogP contribution in [0.3, 0.4) is 0 Å². The van der Waals surface area contributed by atoms with E-state index in [0.717, 1.165) is 6.29 Å². The van der Waals surface area contributed by atoms with E-state index in [2.05, 4.69) is 4.98 Å². The highest BCUT2D eigenvalue weighted by atomic mass is 19.1. The van der Waals surface area contributed by atoms with Crippen molar-refractivity contribution >= 4 is 12.1 Å². The van der Waals surface area contributed by atoms with Gasteiger partial charge in [-0.25, -0.2) is 4.39 Å². The lowest BCUT2D eigenvalue weighted by molar-refractivity contribution is 0.103. The van der Waals surface area contributed by atoms with E-state index in [0.29, 0.717) is 28.1 Å². The van der Waals surface area contributed by atoms with Crippen LogP contribution in [0.5, 0.6) is 0 Å². The zero-order valence-corrected chi connectivity index (χ0v) is 10.1. The number of halogens is 1. The number of hydrogen-bond acceptors (Lipinski definition) is 2. The van der Waals surface area contributed by atoms with E-state index >= 15 is 0 Å².